The molecule has 5 nitrogen and oxygen atoms in total. The lowest BCUT2D eigenvalue weighted by Crippen LogP contribution is -2.32. The molecule has 2 aromatic rings. The molecule has 0 amide bonds. The average Bonchev–Trinajstić information content (AvgIpc) is 2.84. The molecule has 0 fully saturated rings. The Hall–Kier alpha value is -3.08. The molecule has 0 unspecified atom stereocenters. The van der Waals surface area contributed by atoms with E-state index in [1.165, 1.54) is 5.56 Å². The number of unbranched alkanes of at least 4 members (excludes halogenated alkanes) is 2. The number of carboxylic acids is 1. The topological polar surface area (TPSA) is 72.8 Å². The molecule has 0 radical (unpaired) electrons. The normalized spacial score (nSPS) is 13.1. The number of carboxylic acid groups (broad SMARTS) is 1. The third kappa shape index (κ3) is 9.82. The molecule has 0 aliphatic rings. The van der Waals surface area contributed by atoms with Gasteiger partial charge in [-0.25, -0.2) is 0 Å². The molecule has 5 heteroatoms. The molecule has 2 atom stereocenters. The van der Waals surface area contributed by atoms with Crippen molar-refractivity contribution in [2.24, 2.45) is 17.8 Å². The van der Waals surface area contributed by atoms with E-state index in [4.69, 9.17) is 9.47 Å². The maximum Gasteiger partial charge on any atom is 0.310 e. The van der Waals surface area contributed by atoms with Gasteiger partial charge < -0.3 is 14.6 Å². The Balaban J connectivity index is 1.99. The number of benzene rings is 2. The monoisotopic (exact) mass is 466 g/mol. The van der Waals surface area contributed by atoms with Gasteiger partial charge in [0.2, 0.25) is 0 Å². The summed E-state index contributed by atoms with van der Waals surface area (Å²) < 4.78 is 10.6. The highest BCUT2D eigenvalue weighted by Gasteiger charge is 2.33. The van der Waals surface area contributed by atoms with Crippen molar-refractivity contribution in [3.8, 4) is 5.75 Å². The molecule has 0 spiro atoms. The summed E-state index contributed by atoms with van der Waals surface area (Å²) in [6.45, 7) is 4.22. The highest BCUT2D eigenvalue weighted by Crippen LogP contribution is 2.26. The van der Waals surface area contributed by atoms with Crippen molar-refractivity contribution in [1.29, 1.82) is 0 Å². The molecule has 0 aliphatic carbocycles. The van der Waals surface area contributed by atoms with Crippen molar-refractivity contribution in [2.45, 2.75) is 52.4 Å². The summed E-state index contributed by atoms with van der Waals surface area (Å²) >= 11 is 0. The predicted molar refractivity (Wildman–Crippen MR) is 136 cm³/mol. The van der Waals surface area contributed by atoms with E-state index >= 15 is 0 Å². The molecule has 0 saturated heterocycles. The summed E-state index contributed by atoms with van der Waals surface area (Å²) in [5.74, 6) is -1.87. The first-order valence-corrected chi connectivity index (χ1v) is 12.1. The fourth-order valence-electron chi connectivity index (χ4n) is 3.86. The number of rotatable bonds is 15. The van der Waals surface area contributed by atoms with Crippen molar-refractivity contribution >= 4 is 18.0 Å². The van der Waals surface area contributed by atoms with Gasteiger partial charge in [-0.1, -0.05) is 81.3 Å². The summed E-state index contributed by atoms with van der Waals surface area (Å²) in [7, 11) is 1.62. The molecule has 0 bridgehead atoms. The number of hydrogen-bond acceptors (Lipinski definition) is 4. The van der Waals surface area contributed by atoms with E-state index < -0.39 is 23.8 Å². The van der Waals surface area contributed by atoms with E-state index in [1.54, 1.807) is 7.11 Å². The fraction of sp³-hybridized carbons (Fsp3) is 0.448. The van der Waals surface area contributed by atoms with Crippen LogP contribution in [0.2, 0.25) is 0 Å². The van der Waals surface area contributed by atoms with Gasteiger partial charge in [0.15, 0.2) is 0 Å². The number of carbonyl (C=O) groups excluding carboxylic acids is 1. The first-order valence-electron chi connectivity index (χ1n) is 12.1. The SMILES string of the molecule is COc1ccc(/C=C/C[C@@H](C(=O)OCC(C)C)[C@H](CCCCCc2ccccc2)C(=O)O)cc1. The van der Waals surface area contributed by atoms with Crippen LogP contribution in [0.3, 0.4) is 0 Å². The molecule has 2 aromatic carbocycles. The number of ether oxygens (including phenoxy) is 2. The standard InChI is InChI=1S/C29H38O5/c1-22(2)21-34-29(32)27(16-10-14-24-17-19-25(33-3)20-18-24)26(28(30)31)15-9-5-8-13-23-11-6-4-7-12-23/h4,6-7,10-12,14,17-20,22,26-27H,5,8-9,13,15-16,21H2,1-3H3,(H,30,31)/b14-10+/t26-,27+/m0/s1. The Morgan fingerprint density at radius 2 is 1.65 bits per heavy atom. The van der Waals surface area contributed by atoms with Crippen LogP contribution < -0.4 is 4.74 Å². The minimum atomic E-state index is -0.938. The highest BCUT2D eigenvalue weighted by molar-refractivity contribution is 5.81. The molecular formula is C29H38O5. The number of hydrogen-bond donors (Lipinski definition) is 1. The molecular weight excluding hydrogens is 428 g/mol. The molecule has 2 rings (SSSR count). The predicted octanol–water partition coefficient (Wildman–Crippen LogP) is 6.42. The zero-order valence-electron chi connectivity index (χ0n) is 20.6. The number of allylic oxidation sites excluding steroid dienone is 1. The molecule has 0 aromatic heterocycles. The number of methoxy groups -OCH3 is 1. The van der Waals surface area contributed by atoms with E-state index in [-0.39, 0.29) is 5.92 Å². The van der Waals surface area contributed by atoms with Crippen LogP contribution in [0, 0.1) is 17.8 Å². The lowest BCUT2D eigenvalue weighted by Gasteiger charge is -2.22. The van der Waals surface area contributed by atoms with Gasteiger partial charge in [-0.3, -0.25) is 9.59 Å². The summed E-state index contributed by atoms with van der Waals surface area (Å²) in [4.78, 5) is 25.0. The second kappa shape index (κ2) is 14.9. The Labute approximate surface area is 203 Å². The van der Waals surface area contributed by atoms with Crippen LogP contribution in [0.15, 0.2) is 60.7 Å². The number of aliphatic carboxylic acids is 1. The maximum atomic E-state index is 12.9. The first kappa shape index (κ1) is 27.2. The summed E-state index contributed by atoms with van der Waals surface area (Å²) in [5, 5.41) is 9.93. The molecule has 184 valence electrons. The second-order valence-corrected chi connectivity index (χ2v) is 9.07. The van der Waals surface area contributed by atoms with Crippen LogP contribution in [0.5, 0.6) is 5.75 Å². The van der Waals surface area contributed by atoms with E-state index in [1.807, 2.05) is 68.5 Å². The molecule has 0 aliphatic heterocycles. The van der Waals surface area contributed by atoms with Gasteiger partial charge in [0.1, 0.15) is 5.75 Å². The lowest BCUT2D eigenvalue weighted by molar-refractivity contribution is -0.158. The fourth-order valence-corrected chi connectivity index (χ4v) is 3.86. The molecule has 0 saturated carbocycles. The molecule has 34 heavy (non-hydrogen) atoms. The minimum Gasteiger partial charge on any atom is -0.497 e. The van der Waals surface area contributed by atoms with E-state index in [0.29, 0.717) is 19.4 Å². The van der Waals surface area contributed by atoms with Crippen molar-refractivity contribution in [2.75, 3.05) is 13.7 Å². The van der Waals surface area contributed by atoms with Crippen LogP contribution in [0.25, 0.3) is 6.08 Å². The zero-order chi connectivity index (χ0) is 24.8. The zero-order valence-corrected chi connectivity index (χ0v) is 20.6. The lowest BCUT2D eigenvalue weighted by atomic mass is 9.85. The van der Waals surface area contributed by atoms with Gasteiger partial charge in [-0.15, -0.1) is 0 Å². The molecule has 0 heterocycles. The van der Waals surface area contributed by atoms with Crippen molar-refractivity contribution in [1.82, 2.24) is 0 Å². The van der Waals surface area contributed by atoms with Gasteiger partial charge in [-0.05, 0) is 54.9 Å². The van der Waals surface area contributed by atoms with Gasteiger partial charge in [0.05, 0.1) is 25.6 Å². The third-order valence-electron chi connectivity index (χ3n) is 5.80. The van der Waals surface area contributed by atoms with Gasteiger partial charge in [0.25, 0.3) is 0 Å². The number of aryl methyl sites for hydroxylation is 1. The van der Waals surface area contributed by atoms with Crippen molar-refractivity contribution in [3.05, 3.63) is 71.8 Å². The summed E-state index contributed by atoms with van der Waals surface area (Å²) in [6.07, 6.45) is 8.22. The Kier molecular flexibility index (Phi) is 11.9. The Morgan fingerprint density at radius 1 is 0.941 bits per heavy atom. The van der Waals surface area contributed by atoms with E-state index in [0.717, 1.165) is 37.0 Å². The quantitative estimate of drug-likeness (QED) is 0.242. The van der Waals surface area contributed by atoms with Crippen molar-refractivity contribution in [3.63, 3.8) is 0 Å². The largest absolute Gasteiger partial charge is 0.497 e. The van der Waals surface area contributed by atoms with E-state index in [9.17, 15) is 14.7 Å². The highest BCUT2D eigenvalue weighted by atomic mass is 16.5. The van der Waals surface area contributed by atoms with Crippen molar-refractivity contribution < 1.29 is 24.2 Å². The Morgan fingerprint density at radius 3 is 2.26 bits per heavy atom. The second-order valence-electron chi connectivity index (χ2n) is 9.07. The number of esters is 1. The van der Waals surface area contributed by atoms with Crippen LogP contribution in [-0.2, 0) is 20.7 Å². The summed E-state index contributed by atoms with van der Waals surface area (Å²) in [6, 6.07) is 17.8. The maximum absolute atomic E-state index is 12.9. The van der Waals surface area contributed by atoms with Gasteiger partial charge in [0, 0.05) is 0 Å². The van der Waals surface area contributed by atoms with Gasteiger partial charge in [-0.2, -0.15) is 0 Å². The Bertz CT molecular complexity index is 886. The smallest absolute Gasteiger partial charge is 0.310 e. The minimum absolute atomic E-state index is 0.195. The number of carbonyl (C=O) groups is 2. The molecule has 1 N–H and O–H groups in total. The van der Waals surface area contributed by atoms with Crippen LogP contribution in [-0.4, -0.2) is 30.8 Å². The third-order valence-corrected chi connectivity index (χ3v) is 5.80. The van der Waals surface area contributed by atoms with Crippen LogP contribution >= 0.6 is 0 Å². The van der Waals surface area contributed by atoms with Gasteiger partial charge >= 0.3 is 11.9 Å². The average molecular weight is 467 g/mol. The van der Waals surface area contributed by atoms with E-state index in [2.05, 4.69) is 12.1 Å². The summed E-state index contributed by atoms with van der Waals surface area (Å²) in [5.41, 5.74) is 2.25. The van der Waals surface area contributed by atoms with Crippen LogP contribution in [0.1, 0.15) is 57.1 Å². The first-order chi connectivity index (χ1) is 16.4. The van der Waals surface area contributed by atoms with Crippen LogP contribution in [0.4, 0.5) is 0 Å².